The van der Waals surface area contributed by atoms with Gasteiger partial charge in [-0.1, -0.05) is 66.2 Å². The topological polar surface area (TPSA) is 25.8 Å². The van der Waals surface area contributed by atoms with Gasteiger partial charge in [0.1, 0.15) is 16.0 Å². The van der Waals surface area contributed by atoms with E-state index in [9.17, 15) is 0 Å². The monoisotopic (exact) mass is 346 g/mol. The molecule has 0 saturated heterocycles. The Labute approximate surface area is 147 Å². The zero-order chi connectivity index (χ0) is 16.1. The predicted molar refractivity (Wildman–Crippen MR) is 103 cm³/mol. The van der Waals surface area contributed by atoms with E-state index in [-0.39, 0.29) is 0 Å². The van der Waals surface area contributed by atoms with Gasteiger partial charge in [0.2, 0.25) is 0 Å². The predicted octanol–water partition coefficient (Wildman–Crippen LogP) is 6.32. The van der Waals surface area contributed by atoms with E-state index >= 15 is 0 Å². The highest BCUT2D eigenvalue weighted by Gasteiger charge is 2.14. The number of hydrogen-bond donors (Lipinski definition) is 0. The van der Waals surface area contributed by atoms with E-state index in [1.165, 1.54) is 15.5 Å². The molecule has 2 aromatic heterocycles. The standard InChI is InChI=1S/C20H11ClN2S/c21-19-17(14-10-9-12-5-1-2-6-13(12)11-14)23-20-18(22-19)15-7-3-4-8-16(15)24-20/h1-11H. The Hall–Kier alpha value is -2.49. The van der Waals surface area contributed by atoms with Gasteiger partial charge in [0.25, 0.3) is 0 Å². The minimum atomic E-state index is 0.446. The number of benzene rings is 3. The SMILES string of the molecule is Clc1nc2c(nc1-c1ccc3ccccc3c1)sc1ccccc12. The van der Waals surface area contributed by atoms with Crippen LogP contribution in [0.3, 0.4) is 0 Å². The van der Waals surface area contributed by atoms with Crippen molar-refractivity contribution >= 4 is 54.1 Å². The zero-order valence-corrected chi connectivity index (χ0v) is 14.1. The molecular weight excluding hydrogens is 336 g/mol. The number of halogens is 1. The molecule has 0 atom stereocenters. The molecule has 114 valence electrons. The second-order valence-electron chi connectivity index (χ2n) is 5.68. The van der Waals surface area contributed by atoms with Gasteiger partial charge < -0.3 is 0 Å². The van der Waals surface area contributed by atoms with Crippen molar-refractivity contribution in [3.8, 4) is 11.3 Å². The summed E-state index contributed by atoms with van der Waals surface area (Å²) < 4.78 is 1.18. The lowest BCUT2D eigenvalue weighted by Crippen LogP contribution is -1.89. The van der Waals surface area contributed by atoms with E-state index in [1.54, 1.807) is 11.3 Å². The third kappa shape index (κ3) is 2.09. The molecule has 24 heavy (non-hydrogen) atoms. The molecule has 0 N–H and O–H groups in total. The van der Waals surface area contributed by atoms with Gasteiger partial charge >= 0.3 is 0 Å². The quantitative estimate of drug-likeness (QED) is 0.355. The Balaban J connectivity index is 1.78. The lowest BCUT2D eigenvalue weighted by atomic mass is 10.1. The van der Waals surface area contributed by atoms with Gasteiger partial charge in [-0.2, -0.15) is 0 Å². The maximum absolute atomic E-state index is 6.48. The molecule has 0 bridgehead atoms. The van der Waals surface area contributed by atoms with Crippen LogP contribution in [0.1, 0.15) is 0 Å². The van der Waals surface area contributed by atoms with Crippen molar-refractivity contribution in [2.24, 2.45) is 0 Å². The van der Waals surface area contributed by atoms with E-state index < -0.39 is 0 Å². The summed E-state index contributed by atoms with van der Waals surface area (Å²) in [5.74, 6) is 0. The molecule has 0 fully saturated rings. The highest BCUT2D eigenvalue weighted by atomic mass is 35.5. The Morgan fingerprint density at radius 3 is 2.50 bits per heavy atom. The van der Waals surface area contributed by atoms with Gasteiger partial charge in [-0.05, 0) is 22.9 Å². The molecular formula is C20H11ClN2S. The first-order chi connectivity index (χ1) is 11.8. The van der Waals surface area contributed by atoms with Gasteiger partial charge in [0.15, 0.2) is 5.15 Å². The maximum Gasteiger partial charge on any atom is 0.156 e. The van der Waals surface area contributed by atoms with Crippen LogP contribution in [-0.4, -0.2) is 9.97 Å². The fourth-order valence-electron chi connectivity index (χ4n) is 3.02. The second kappa shape index (κ2) is 5.26. The van der Waals surface area contributed by atoms with Crippen molar-refractivity contribution in [2.45, 2.75) is 0 Å². The van der Waals surface area contributed by atoms with Gasteiger partial charge in [-0.25, -0.2) is 9.97 Å². The Bertz CT molecular complexity index is 1230. The number of nitrogens with zero attached hydrogens (tertiary/aromatic N) is 2. The van der Waals surface area contributed by atoms with Crippen LogP contribution in [0.25, 0.3) is 42.5 Å². The normalized spacial score (nSPS) is 11.5. The molecule has 0 radical (unpaired) electrons. The fourth-order valence-corrected chi connectivity index (χ4v) is 4.28. The number of fused-ring (bicyclic) bond motifs is 4. The summed E-state index contributed by atoms with van der Waals surface area (Å²) in [7, 11) is 0. The summed E-state index contributed by atoms with van der Waals surface area (Å²) in [6.45, 7) is 0. The lowest BCUT2D eigenvalue weighted by Gasteiger charge is -2.05. The van der Waals surface area contributed by atoms with Crippen LogP contribution in [-0.2, 0) is 0 Å². The van der Waals surface area contributed by atoms with Crippen LogP contribution >= 0.6 is 22.9 Å². The van der Waals surface area contributed by atoms with E-state index in [1.807, 2.05) is 24.3 Å². The van der Waals surface area contributed by atoms with Crippen molar-refractivity contribution < 1.29 is 0 Å². The van der Waals surface area contributed by atoms with E-state index in [2.05, 4.69) is 47.4 Å². The van der Waals surface area contributed by atoms with Crippen molar-refractivity contribution in [1.29, 1.82) is 0 Å². The van der Waals surface area contributed by atoms with E-state index in [0.29, 0.717) is 5.15 Å². The van der Waals surface area contributed by atoms with Gasteiger partial charge in [-0.3, -0.25) is 0 Å². The van der Waals surface area contributed by atoms with Gasteiger partial charge in [-0.15, -0.1) is 11.3 Å². The summed E-state index contributed by atoms with van der Waals surface area (Å²) in [6.07, 6.45) is 0. The molecule has 2 nitrogen and oxygen atoms in total. The van der Waals surface area contributed by atoms with Gasteiger partial charge in [0.05, 0.1) is 0 Å². The minimum Gasteiger partial charge on any atom is -0.232 e. The summed E-state index contributed by atoms with van der Waals surface area (Å²) in [6, 6.07) is 22.7. The molecule has 0 aliphatic heterocycles. The summed E-state index contributed by atoms with van der Waals surface area (Å²) >= 11 is 8.13. The summed E-state index contributed by atoms with van der Waals surface area (Å²) in [5, 5.41) is 3.93. The third-order valence-corrected chi connectivity index (χ3v) is 5.51. The first-order valence-corrected chi connectivity index (χ1v) is 8.83. The van der Waals surface area contributed by atoms with Crippen LogP contribution in [0, 0.1) is 0 Å². The summed E-state index contributed by atoms with van der Waals surface area (Å²) in [5.41, 5.74) is 2.61. The van der Waals surface area contributed by atoms with E-state index in [4.69, 9.17) is 16.6 Å². The highest BCUT2D eigenvalue weighted by Crippen LogP contribution is 2.35. The molecule has 0 spiro atoms. The summed E-state index contributed by atoms with van der Waals surface area (Å²) in [4.78, 5) is 10.4. The second-order valence-corrected chi connectivity index (χ2v) is 7.07. The van der Waals surface area contributed by atoms with Crippen molar-refractivity contribution in [1.82, 2.24) is 9.97 Å². The molecule has 4 heteroatoms. The number of aromatic nitrogens is 2. The molecule has 0 saturated carbocycles. The number of thiophene rings is 1. The Morgan fingerprint density at radius 1 is 0.792 bits per heavy atom. The smallest absolute Gasteiger partial charge is 0.156 e. The van der Waals surface area contributed by atoms with Crippen molar-refractivity contribution in [3.63, 3.8) is 0 Å². The largest absolute Gasteiger partial charge is 0.232 e. The molecule has 3 aromatic carbocycles. The van der Waals surface area contributed by atoms with Crippen LogP contribution in [0.2, 0.25) is 5.15 Å². The fraction of sp³-hybridized carbons (Fsp3) is 0. The van der Waals surface area contributed by atoms with Crippen LogP contribution in [0.5, 0.6) is 0 Å². The molecule has 0 aliphatic carbocycles. The Morgan fingerprint density at radius 2 is 1.58 bits per heavy atom. The first-order valence-electron chi connectivity index (χ1n) is 7.63. The van der Waals surface area contributed by atoms with Crippen LogP contribution in [0.15, 0.2) is 66.7 Å². The Kier molecular flexibility index (Phi) is 3.05. The van der Waals surface area contributed by atoms with Gasteiger partial charge in [0, 0.05) is 15.6 Å². The number of rotatable bonds is 1. The molecule has 5 aromatic rings. The van der Waals surface area contributed by atoms with Crippen LogP contribution in [0.4, 0.5) is 0 Å². The van der Waals surface area contributed by atoms with E-state index in [0.717, 1.165) is 27.0 Å². The van der Waals surface area contributed by atoms with Crippen molar-refractivity contribution in [3.05, 3.63) is 71.9 Å². The first kappa shape index (κ1) is 13.9. The molecule has 0 aliphatic rings. The molecule has 0 unspecified atom stereocenters. The third-order valence-electron chi connectivity index (χ3n) is 4.19. The molecule has 2 heterocycles. The highest BCUT2D eigenvalue weighted by molar-refractivity contribution is 7.25. The van der Waals surface area contributed by atoms with Crippen molar-refractivity contribution in [2.75, 3.05) is 0 Å². The maximum atomic E-state index is 6.48. The molecule has 5 rings (SSSR count). The number of hydrogen-bond acceptors (Lipinski definition) is 3. The average Bonchev–Trinajstić information content (AvgIpc) is 2.98. The van der Waals surface area contributed by atoms with Crippen LogP contribution < -0.4 is 0 Å². The minimum absolute atomic E-state index is 0.446. The lowest BCUT2D eigenvalue weighted by molar-refractivity contribution is 1.32. The zero-order valence-electron chi connectivity index (χ0n) is 12.5. The average molecular weight is 347 g/mol. The molecule has 0 amide bonds.